The highest BCUT2D eigenvalue weighted by Crippen LogP contribution is 2.16. The number of pyridine rings is 1. The third-order valence-electron chi connectivity index (χ3n) is 2.30. The summed E-state index contributed by atoms with van der Waals surface area (Å²) in [6.07, 6.45) is 6.46. The van der Waals surface area contributed by atoms with Gasteiger partial charge in [-0.2, -0.15) is 5.10 Å². The normalized spacial score (nSPS) is 10.7. The van der Waals surface area contributed by atoms with Crippen molar-refractivity contribution in [1.82, 2.24) is 14.8 Å². The first-order chi connectivity index (χ1) is 7.45. The molecule has 15 heavy (non-hydrogen) atoms. The minimum atomic E-state index is 0.860. The number of nitrogens with zero attached hydrogens (tertiary/aromatic N) is 3. The molecule has 0 spiro atoms. The van der Waals surface area contributed by atoms with E-state index in [-0.39, 0.29) is 0 Å². The van der Waals surface area contributed by atoms with E-state index in [0.717, 1.165) is 16.6 Å². The second-order valence-corrected chi connectivity index (χ2v) is 3.25. The first kappa shape index (κ1) is 8.17. The van der Waals surface area contributed by atoms with E-state index in [9.17, 15) is 0 Å². The van der Waals surface area contributed by atoms with Crippen LogP contribution in [0, 0.1) is 6.20 Å². The Kier molecular flexibility index (Phi) is 1.75. The highest BCUT2D eigenvalue weighted by atomic mass is 15.3. The number of para-hydroxylation sites is 1. The molecule has 0 aliphatic carbocycles. The van der Waals surface area contributed by atoms with Crippen LogP contribution in [0.15, 0.2) is 48.8 Å². The van der Waals surface area contributed by atoms with Crippen molar-refractivity contribution in [1.29, 1.82) is 0 Å². The molecule has 0 atom stereocenters. The lowest BCUT2D eigenvalue weighted by Crippen LogP contribution is -1.96. The molecule has 0 aliphatic rings. The highest BCUT2D eigenvalue weighted by Gasteiger charge is 2.03. The van der Waals surface area contributed by atoms with Crippen LogP contribution in [0.3, 0.4) is 0 Å². The van der Waals surface area contributed by atoms with Crippen LogP contribution in [0.4, 0.5) is 0 Å². The summed E-state index contributed by atoms with van der Waals surface area (Å²) < 4.78 is 1.84. The van der Waals surface area contributed by atoms with Crippen molar-refractivity contribution >= 4 is 10.9 Å². The number of benzene rings is 1. The minimum absolute atomic E-state index is 0.860. The van der Waals surface area contributed by atoms with E-state index in [2.05, 4.69) is 16.3 Å². The van der Waals surface area contributed by atoms with Crippen molar-refractivity contribution < 1.29 is 0 Å². The maximum absolute atomic E-state index is 4.31. The van der Waals surface area contributed by atoms with Gasteiger partial charge in [-0.15, -0.1) is 0 Å². The van der Waals surface area contributed by atoms with Crippen LogP contribution in [0.1, 0.15) is 0 Å². The Bertz CT molecular complexity index is 584. The lowest BCUT2D eigenvalue weighted by Gasteiger charge is -2.00. The molecule has 0 saturated carbocycles. The molecule has 0 fully saturated rings. The van der Waals surface area contributed by atoms with Crippen LogP contribution in [0.2, 0.25) is 0 Å². The average molecular weight is 194 g/mol. The fourth-order valence-electron chi connectivity index (χ4n) is 1.60. The highest BCUT2D eigenvalue weighted by molar-refractivity contribution is 5.79. The third-order valence-corrected chi connectivity index (χ3v) is 2.30. The number of hydrogen-bond donors (Lipinski definition) is 0. The van der Waals surface area contributed by atoms with Gasteiger partial charge in [0.1, 0.15) is 6.20 Å². The van der Waals surface area contributed by atoms with Crippen LogP contribution in [0.5, 0.6) is 0 Å². The molecule has 0 saturated heterocycles. The van der Waals surface area contributed by atoms with Crippen molar-refractivity contribution in [2.75, 3.05) is 0 Å². The van der Waals surface area contributed by atoms with Crippen molar-refractivity contribution in [3.63, 3.8) is 0 Å². The predicted molar refractivity (Wildman–Crippen MR) is 57.7 cm³/mol. The standard InChI is InChI=1S/C12H8N3/c1-2-6-12-10(4-1)8-14-15(12)11-5-3-7-13-9-11/h1-8H. The molecular weight excluding hydrogens is 186 g/mol. The van der Waals surface area contributed by atoms with Gasteiger partial charge in [0.15, 0.2) is 0 Å². The van der Waals surface area contributed by atoms with Gasteiger partial charge in [-0.3, -0.25) is 4.98 Å². The number of rotatable bonds is 1. The van der Waals surface area contributed by atoms with Crippen LogP contribution < -0.4 is 0 Å². The first-order valence-corrected chi connectivity index (χ1v) is 4.71. The summed E-state index contributed by atoms with van der Waals surface area (Å²) in [7, 11) is 0. The average Bonchev–Trinajstić information content (AvgIpc) is 2.74. The predicted octanol–water partition coefficient (Wildman–Crippen LogP) is 2.22. The lowest BCUT2D eigenvalue weighted by atomic mass is 10.2. The van der Waals surface area contributed by atoms with Gasteiger partial charge in [-0.25, -0.2) is 4.68 Å². The second kappa shape index (κ2) is 3.20. The largest absolute Gasteiger partial charge is 0.252 e. The molecule has 3 rings (SSSR count). The second-order valence-electron chi connectivity index (χ2n) is 3.25. The van der Waals surface area contributed by atoms with Gasteiger partial charge in [0, 0.05) is 11.6 Å². The molecule has 0 bridgehead atoms. The molecule has 0 N–H and O–H groups in total. The van der Waals surface area contributed by atoms with Crippen LogP contribution >= 0.6 is 0 Å². The Morgan fingerprint density at radius 2 is 2.00 bits per heavy atom. The summed E-state index contributed by atoms with van der Waals surface area (Å²) >= 11 is 0. The summed E-state index contributed by atoms with van der Waals surface area (Å²) in [4.78, 5) is 3.96. The van der Waals surface area contributed by atoms with E-state index in [1.165, 1.54) is 0 Å². The molecular formula is C12H8N3. The van der Waals surface area contributed by atoms with E-state index in [0.29, 0.717) is 0 Å². The van der Waals surface area contributed by atoms with Crippen LogP contribution in [-0.2, 0) is 0 Å². The zero-order valence-electron chi connectivity index (χ0n) is 7.96. The van der Waals surface area contributed by atoms with Gasteiger partial charge in [0.05, 0.1) is 17.4 Å². The topological polar surface area (TPSA) is 30.7 Å². The maximum atomic E-state index is 4.31. The Balaban J connectivity index is 2.28. The van der Waals surface area contributed by atoms with E-state index < -0.39 is 0 Å². The Labute approximate surface area is 87.0 Å². The third kappa shape index (κ3) is 1.29. The summed E-state index contributed by atoms with van der Waals surface area (Å²) in [6, 6.07) is 11.9. The molecule has 3 heteroatoms. The molecule has 2 aromatic heterocycles. The summed E-state index contributed by atoms with van der Waals surface area (Å²) in [5.74, 6) is 0. The maximum Gasteiger partial charge on any atom is 0.116 e. The molecule has 71 valence electrons. The summed E-state index contributed by atoms with van der Waals surface area (Å²) in [6.45, 7) is 0. The van der Waals surface area contributed by atoms with Crippen molar-refractivity contribution in [2.24, 2.45) is 0 Å². The van der Waals surface area contributed by atoms with E-state index in [1.807, 2.05) is 47.3 Å². The molecule has 0 aliphatic heterocycles. The molecule has 2 heterocycles. The molecule has 1 radical (unpaired) electrons. The van der Waals surface area contributed by atoms with Crippen LogP contribution in [0.25, 0.3) is 16.6 Å². The molecule has 1 aromatic carbocycles. The molecule has 0 unspecified atom stereocenters. The quantitative estimate of drug-likeness (QED) is 0.594. The minimum Gasteiger partial charge on any atom is -0.252 e. The van der Waals surface area contributed by atoms with Crippen molar-refractivity contribution in [3.05, 3.63) is 55.0 Å². The van der Waals surface area contributed by atoms with Gasteiger partial charge in [-0.1, -0.05) is 18.2 Å². The summed E-state index contributed by atoms with van der Waals surface area (Å²) in [5.41, 5.74) is 1.93. The van der Waals surface area contributed by atoms with Crippen LogP contribution in [-0.4, -0.2) is 14.8 Å². The smallest absolute Gasteiger partial charge is 0.116 e. The van der Waals surface area contributed by atoms with Gasteiger partial charge >= 0.3 is 0 Å². The fourth-order valence-corrected chi connectivity index (χ4v) is 1.60. The van der Waals surface area contributed by atoms with Gasteiger partial charge in [0.25, 0.3) is 0 Å². The number of hydrogen-bond acceptors (Lipinski definition) is 2. The number of aromatic nitrogens is 3. The monoisotopic (exact) mass is 194 g/mol. The SMILES string of the molecule is [c]1ncccc1-n1ncc2ccccc21. The molecule has 0 amide bonds. The first-order valence-electron chi connectivity index (χ1n) is 4.71. The summed E-state index contributed by atoms with van der Waals surface area (Å²) in [5, 5.41) is 5.43. The molecule has 3 nitrogen and oxygen atoms in total. The Morgan fingerprint density at radius 1 is 1.07 bits per heavy atom. The lowest BCUT2D eigenvalue weighted by molar-refractivity contribution is 0.901. The van der Waals surface area contributed by atoms with E-state index in [4.69, 9.17) is 0 Å². The van der Waals surface area contributed by atoms with E-state index >= 15 is 0 Å². The van der Waals surface area contributed by atoms with Crippen molar-refractivity contribution in [3.8, 4) is 5.69 Å². The Hall–Kier alpha value is -2.16. The van der Waals surface area contributed by atoms with Crippen molar-refractivity contribution in [2.45, 2.75) is 0 Å². The zero-order chi connectivity index (χ0) is 10.1. The van der Waals surface area contributed by atoms with Gasteiger partial charge in [0.2, 0.25) is 0 Å². The Morgan fingerprint density at radius 3 is 2.87 bits per heavy atom. The van der Waals surface area contributed by atoms with Gasteiger partial charge < -0.3 is 0 Å². The number of fused-ring (bicyclic) bond motifs is 1. The van der Waals surface area contributed by atoms with Gasteiger partial charge in [-0.05, 0) is 18.2 Å². The fraction of sp³-hybridized carbons (Fsp3) is 0. The zero-order valence-corrected chi connectivity index (χ0v) is 7.96. The molecule has 3 aromatic rings. The van der Waals surface area contributed by atoms with E-state index in [1.54, 1.807) is 6.20 Å².